The third-order valence-corrected chi connectivity index (χ3v) is 6.43. The van der Waals surface area contributed by atoms with E-state index >= 15 is 0 Å². The molecule has 31 heavy (non-hydrogen) atoms. The number of nitrogens with one attached hydrogen (secondary N) is 1. The van der Waals surface area contributed by atoms with Gasteiger partial charge in [0.2, 0.25) is 10.0 Å². The second-order valence-corrected chi connectivity index (χ2v) is 9.22. The van der Waals surface area contributed by atoms with Crippen molar-refractivity contribution in [3.63, 3.8) is 0 Å². The summed E-state index contributed by atoms with van der Waals surface area (Å²) < 4.78 is 27.5. The molecule has 0 atom stereocenters. The molecule has 0 aliphatic carbocycles. The van der Waals surface area contributed by atoms with Crippen LogP contribution in [0.5, 0.6) is 0 Å². The Labute approximate surface area is 183 Å². The van der Waals surface area contributed by atoms with Gasteiger partial charge in [-0.15, -0.1) is 0 Å². The first-order valence-corrected chi connectivity index (χ1v) is 11.3. The molecular weight excluding hydrogens is 410 g/mol. The third kappa shape index (κ3) is 6.34. The van der Waals surface area contributed by atoms with Crippen molar-refractivity contribution in [3.05, 3.63) is 101 Å². The Balaban J connectivity index is 1.77. The van der Waals surface area contributed by atoms with E-state index in [-0.39, 0.29) is 18.0 Å². The molecule has 0 heterocycles. The maximum atomic E-state index is 13.2. The highest BCUT2D eigenvalue weighted by Gasteiger charge is 2.26. The lowest BCUT2D eigenvalue weighted by Gasteiger charge is -2.21. The first-order valence-electron chi connectivity index (χ1n) is 9.84. The minimum atomic E-state index is -3.87. The summed E-state index contributed by atoms with van der Waals surface area (Å²) in [7, 11) is -3.87. The molecule has 1 N–H and O–H groups in total. The van der Waals surface area contributed by atoms with Crippen LogP contribution in [0.25, 0.3) is 0 Å². The molecule has 0 aliphatic heterocycles. The van der Waals surface area contributed by atoms with Crippen molar-refractivity contribution in [2.75, 3.05) is 6.54 Å². The Morgan fingerprint density at radius 1 is 0.935 bits per heavy atom. The van der Waals surface area contributed by atoms with Crippen molar-refractivity contribution in [2.24, 2.45) is 5.10 Å². The summed E-state index contributed by atoms with van der Waals surface area (Å²) in [6.07, 6.45) is 1.53. The van der Waals surface area contributed by atoms with Gasteiger partial charge in [0.15, 0.2) is 0 Å². The van der Waals surface area contributed by atoms with Crippen molar-refractivity contribution < 1.29 is 13.2 Å². The van der Waals surface area contributed by atoms with Gasteiger partial charge in [0.05, 0.1) is 17.7 Å². The zero-order valence-corrected chi connectivity index (χ0v) is 18.3. The lowest BCUT2D eigenvalue weighted by molar-refractivity contribution is -0.121. The summed E-state index contributed by atoms with van der Waals surface area (Å²) in [5.41, 5.74) is 6.21. The predicted octanol–water partition coefficient (Wildman–Crippen LogP) is 3.64. The van der Waals surface area contributed by atoms with Gasteiger partial charge in [-0.3, -0.25) is 4.79 Å². The lowest BCUT2D eigenvalue weighted by Crippen LogP contribution is -2.39. The average molecular weight is 436 g/mol. The van der Waals surface area contributed by atoms with Crippen LogP contribution in [0.1, 0.15) is 22.3 Å². The number of carbonyl (C=O) groups excluding carboxylic acids is 1. The number of hydrogen-bond acceptors (Lipinski definition) is 4. The molecule has 0 bridgehead atoms. The van der Waals surface area contributed by atoms with Crippen molar-refractivity contribution in [1.29, 1.82) is 0 Å². The van der Waals surface area contributed by atoms with Crippen molar-refractivity contribution in [3.8, 4) is 0 Å². The van der Waals surface area contributed by atoms with E-state index in [0.29, 0.717) is 0 Å². The molecule has 0 unspecified atom stereocenters. The molecule has 3 rings (SSSR count). The second kappa shape index (κ2) is 10.1. The number of aryl methyl sites for hydroxylation is 2. The minimum Gasteiger partial charge on any atom is -0.272 e. The van der Waals surface area contributed by atoms with Gasteiger partial charge in [0.25, 0.3) is 5.91 Å². The van der Waals surface area contributed by atoms with Gasteiger partial charge in [-0.2, -0.15) is 9.41 Å². The Hall–Kier alpha value is -3.29. The number of nitrogens with zero attached hydrogens (tertiary/aromatic N) is 2. The first-order chi connectivity index (χ1) is 14.8. The minimum absolute atomic E-state index is 0.0759. The molecule has 0 saturated heterocycles. The molecule has 1 amide bonds. The van der Waals surface area contributed by atoms with Crippen LogP contribution < -0.4 is 5.43 Å². The molecule has 160 valence electrons. The highest BCUT2D eigenvalue weighted by Crippen LogP contribution is 2.18. The first kappa shape index (κ1) is 22.4. The molecule has 7 heteroatoms. The summed E-state index contributed by atoms with van der Waals surface area (Å²) in [4.78, 5) is 12.6. The van der Waals surface area contributed by atoms with Crippen LogP contribution in [0, 0.1) is 13.8 Å². The number of sulfonamides is 1. The molecular formula is C24H25N3O3S. The summed E-state index contributed by atoms with van der Waals surface area (Å²) in [6.45, 7) is 3.65. The number of amides is 1. The Bertz CT molecular complexity index is 1160. The van der Waals surface area contributed by atoms with E-state index in [1.165, 1.54) is 18.3 Å². The zero-order chi connectivity index (χ0) is 22.3. The fourth-order valence-corrected chi connectivity index (χ4v) is 4.39. The van der Waals surface area contributed by atoms with Crippen molar-refractivity contribution in [1.82, 2.24) is 9.73 Å². The molecule has 0 aliphatic rings. The van der Waals surface area contributed by atoms with Gasteiger partial charge in [-0.25, -0.2) is 13.8 Å². The van der Waals surface area contributed by atoms with Gasteiger partial charge in [-0.1, -0.05) is 77.9 Å². The van der Waals surface area contributed by atoms with Crippen LogP contribution in [0.3, 0.4) is 0 Å². The van der Waals surface area contributed by atoms with E-state index in [0.717, 1.165) is 26.6 Å². The summed E-state index contributed by atoms with van der Waals surface area (Å²) in [5, 5.41) is 3.96. The highest BCUT2D eigenvalue weighted by molar-refractivity contribution is 7.89. The van der Waals surface area contributed by atoms with Crippen molar-refractivity contribution in [2.45, 2.75) is 25.3 Å². The smallest absolute Gasteiger partial charge is 0.255 e. The number of benzene rings is 3. The topological polar surface area (TPSA) is 78.8 Å². The predicted molar refractivity (Wildman–Crippen MR) is 122 cm³/mol. The van der Waals surface area contributed by atoms with Gasteiger partial charge in [-0.05, 0) is 37.1 Å². The molecule has 3 aromatic rings. The van der Waals surface area contributed by atoms with E-state index in [4.69, 9.17) is 0 Å². The van der Waals surface area contributed by atoms with Crippen LogP contribution >= 0.6 is 0 Å². The monoisotopic (exact) mass is 435 g/mol. The standard InChI is InChI=1S/C24H25N3O3S/c1-19-11-13-21(14-12-19)17-27(31(29,30)23-9-4-3-5-10-23)18-24(28)26-25-16-22-8-6-7-20(2)15-22/h3-16H,17-18H2,1-2H3,(H,26,28). The molecule has 0 saturated carbocycles. The molecule has 0 spiro atoms. The number of hydrazone groups is 1. The van der Waals surface area contributed by atoms with Gasteiger partial charge < -0.3 is 0 Å². The van der Waals surface area contributed by atoms with Crippen LogP contribution in [0.2, 0.25) is 0 Å². The van der Waals surface area contributed by atoms with E-state index < -0.39 is 15.9 Å². The SMILES string of the molecule is Cc1ccc(CN(CC(=O)NN=Cc2cccc(C)c2)S(=O)(=O)c2ccccc2)cc1. The van der Waals surface area contributed by atoms with E-state index in [2.05, 4.69) is 10.5 Å². The fraction of sp³-hybridized carbons (Fsp3) is 0.167. The van der Waals surface area contributed by atoms with Crippen LogP contribution in [0.4, 0.5) is 0 Å². The van der Waals surface area contributed by atoms with Crippen molar-refractivity contribution >= 4 is 22.1 Å². The van der Waals surface area contributed by atoms with E-state index in [1.807, 2.05) is 62.4 Å². The van der Waals surface area contributed by atoms with Crippen LogP contribution in [-0.2, 0) is 21.4 Å². The fourth-order valence-electron chi connectivity index (χ4n) is 2.99. The highest BCUT2D eigenvalue weighted by atomic mass is 32.2. The summed E-state index contributed by atoms with van der Waals surface area (Å²) in [6, 6.07) is 23.3. The Kier molecular flexibility index (Phi) is 7.33. The lowest BCUT2D eigenvalue weighted by atomic mass is 10.1. The Morgan fingerprint density at radius 3 is 2.32 bits per heavy atom. The molecule has 0 aromatic heterocycles. The van der Waals surface area contributed by atoms with Gasteiger partial charge >= 0.3 is 0 Å². The number of rotatable bonds is 8. The number of carbonyl (C=O) groups is 1. The van der Waals surface area contributed by atoms with E-state index in [9.17, 15) is 13.2 Å². The van der Waals surface area contributed by atoms with Gasteiger partial charge in [0.1, 0.15) is 0 Å². The second-order valence-electron chi connectivity index (χ2n) is 7.28. The molecule has 0 radical (unpaired) electrons. The Morgan fingerprint density at radius 2 is 1.65 bits per heavy atom. The molecule has 0 fully saturated rings. The summed E-state index contributed by atoms with van der Waals surface area (Å²) >= 11 is 0. The van der Waals surface area contributed by atoms with Crippen LogP contribution in [-0.4, -0.2) is 31.4 Å². The maximum Gasteiger partial charge on any atom is 0.255 e. The summed E-state index contributed by atoms with van der Waals surface area (Å²) in [5.74, 6) is -0.518. The maximum absolute atomic E-state index is 13.2. The zero-order valence-electron chi connectivity index (χ0n) is 17.5. The normalized spacial score (nSPS) is 11.7. The third-order valence-electron chi connectivity index (χ3n) is 4.63. The largest absolute Gasteiger partial charge is 0.272 e. The van der Waals surface area contributed by atoms with Crippen LogP contribution in [0.15, 0.2) is 88.9 Å². The van der Waals surface area contributed by atoms with Gasteiger partial charge in [0, 0.05) is 6.54 Å². The molecule has 3 aromatic carbocycles. The van der Waals surface area contributed by atoms with E-state index in [1.54, 1.807) is 18.2 Å². The average Bonchev–Trinajstić information content (AvgIpc) is 2.75. The number of hydrogen-bond donors (Lipinski definition) is 1. The quantitative estimate of drug-likeness (QED) is 0.433. The molecule has 6 nitrogen and oxygen atoms in total.